The molecule has 1 rings (SSSR count). The van der Waals surface area contributed by atoms with Crippen LogP contribution in [0.1, 0.15) is 18.5 Å². The van der Waals surface area contributed by atoms with Gasteiger partial charge in [0.15, 0.2) is 0 Å². The molecule has 6 nitrogen and oxygen atoms in total. The molecule has 106 valence electrons. The lowest BCUT2D eigenvalue weighted by Crippen LogP contribution is -2.29. The quantitative estimate of drug-likeness (QED) is 0.780. The van der Waals surface area contributed by atoms with Gasteiger partial charge in [-0.25, -0.2) is 0 Å². The number of methoxy groups -OCH3 is 3. The van der Waals surface area contributed by atoms with Crippen molar-refractivity contribution in [1.29, 1.82) is 0 Å². The fraction of sp³-hybridized carbons (Fsp3) is 0.462. The number of carbonyl (C=O) groups is 1. The van der Waals surface area contributed by atoms with E-state index in [0.717, 1.165) is 0 Å². The van der Waals surface area contributed by atoms with Crippen molar-refractivity contribution >= 4 is 5.97 Å². The molecule has 0 amide bonds. The van der Waals surface area contributed by atoms with Crippen LogP contribution in [0.3, 0.4) is 0 Å². The second kappa shape index (κ2) is 6.84. The van der Waals surface area contributed by atoms with Gasteiger partial charge < -0.3 is 24.6 Å². The van der Waals surface area contributed by atoms with Crippen LogP contribution in [0.4, 0.5) is 0 Å². The van der Waals surface area contributed by atoms with Crippen molar-refractivity contribution in [3.63, 3.8) is 0 Å². The van der Waals surface area contributed by atoms with Crippen LogP contribution in [-0.4, -0.2) is 38.9 Å². The highest BCUT2D eigenvalue weighted by Gasteiger charge is 2.27. The van der Waals surface area contributed by atoms with Gasteiger partial charge in [0.05, 0.1) is 26.9 Å². The smallest absolute Gasteiger partial charge is 0.325 e. The Balaban J connectivity index is 3.40. The first-order valence-corrected chi connectivity index (χ1v) is 5.85. The van der Waals surface area contributed by atoms with Gasteiger partial charge in [-0.05, 0) is 6.54 Å². The molecule has 0 saturated heterocycles. The second-order valence-electron chi connectivity index (χ2n) is 3.77. The molecular weight excluding hydrogens is 250 g/mol. The molecule has 0 aliphatic rings. The normalized spacial score (nSPS) is 11.8. The average Bonchev–Trinajstić information content (AvgIpc) is 2.43. The molecule has 1 atom stereocenters. The van der Waals surface area contributed by atoms with Gasteiger partial charge >= 0.3 is 5.97 Å². The van der Waals surface area contributed by atoms with E-state index in [2.05, 4.69) is 5.32 Å². The van der Waals surface area contributed by atoms with Gasteiger partial charge in [-0.1, -0.05) is 6.92 Å². The van der Waals surface area contributed by atoms with Crippen molar-refractivity contribution < 1.29 is 24.1 Å². The highest BCUT2D eigenvalue weighted by molar-refractivity contribution is 5.78. The van der Waals surface area contributed by atoms with E-state index < -0.39 is 12.0 Å². The monoisotopic (exact) mass is 269 g/mol. The number of hydrogen-bond donors (Lipinski definition) is 2. The minimum Gasteiger partial charge on any atom is -0.496 e. The number of carboxylic acid groups (broad SMARTS) is 1. The van der Waals surface area contributed by atoms with E-state index in [-0.39, 0.29) is 0 Å². The Hall–Kier alpha value is -1.95. The van der Waals surface area contributed by atoms with Gasteiger partial charge in [0.25, 0.3) is 0 Å². The SMILES string of the molecule is CCNC(C(=O)O)c1c(OC)cc(OC)cc1OC. The third-order valence-electron chi connectivity index (χ3n) is 2.70. The Morgan fingerprint density at radius 2 is 1.74 bits per heavy atom. The summed E-state index contributed by atoms with van der Waals surface area (Å²) in [6.07, 6.45) is 0. The van der Waals surface area contributed by atoms with Crippen molar-refractivity contribution in [3.05, 3.63) is 17.7 Å². The maximum Gasteiger partial charge on any atom is 0.325 e. The van der Waals surface area contributed by atoms with E-state index in [4.69, 9.17) is 14.2 Å². The van der Waals surface area contributed by atoms with E-state index in [1.54, 1.807) is 12.1 Å². The summed E-state index contributed by atoms with van der Waals surface area (Å²) in [4.78, 5) is 11.4. The molecule has 1 aromatic rings. The van der Waals surface area contributed by atoms with E-state index >= 15 is 0 Å². The molecule has 0 spiro atoms. The third-order valence-corrected chi connectivity index (χ3v) is 2.70. The predicted molar refractivity (Wildman–Crippen MR) is 70.2 cm³/mol. The Bertz CT molecular complexity index is 422. The van der Waals surface area contributed by atoms with Crippen LogP contribution in [0.25, 0.3) is 0 Å². The Labute approximate surface area is 112 Å². The maximum atomic E-state index is 11.4. The number of hydrogen-bond acceptors (Lipinski definition) is 5. The van der Waals surface area contributed by atoms with Crippen molar-refractivity contribution in [2.45, 2.75) is 13.0 Å². The summed E-state index contributed by atoms with van der Waals surface area (Å²) >= 11 is 0. The molecule has 0 heterocycles. The Morgan fingerprint density at radius 3 is 2.05 bits per heavy atom. The zero-order valence-electron chi connectivity index (χ0n) is 11.5. The van der Waals surface area contributed by atoms with Gasteiger partial charge in [0, 0.05) is 12.1 Å². The number of likely N-dealkylation sites (N-methyl/N-ethyl adjacent to an activating group) is 1. The molecule has 0 saturated carbocycles. The van der Waals surface area contributed by atoms with E-state index in [9.17, 15) is 9.90 Å². The van der Waals surface area contributed by atoms with Crippen molar-refractivity contribution in [2.24, 2.45) is 0 Å². The molecular formula is C13H19NO5. The molecule has 1 unspecified atom stereocenters. The first-order chi connectivity index (χ1) is 9.08. The third kappa shape index (κ3) is 3.29. The van der Waals surface area contributed by atoms with Crippen LogP contribution < -0.4 is 19.5 Å². The average molecular weight is 269 g/mol. The fourth-order valence-corrected chi connectivity index (χ4v) is 1.83. The Morgan fingerprint density at radius 1 is 1.21 bits per heavy atom. The molecule has 0 aliphatic heterocycles. The minimum atomic E-state index is -0.997. The number of nitrogens with one attached hydrogen (secondary N) is 1. The summed E-state index contributed by atoms with van der Waals surface area (Å²) in [7, 11) is 4.47. The van der Waals surface area contributed by atoms with Crippen LogP contribution in [0.2, 0.25) is 0 Å². The van der Waals surface area contributed by atoms with Crippen LogP contribution in [0.15, 0.2) is 12.1 Å². The van der Waals surface area contributed by atoms with Crippen molar-refractivity contribution in [3.8, 4) is 17.2 Å². The molecule has 19 heavy (non-hydrogen) atoms. The molecule has 6 heteroatoms. The summed E-state index contributed by atoms with van der Waals surface area (Å²) < 4.78 is 15.6. The second-order valence-corrected chi connectivity index (χ2v) is 3.77. The molecule has 0 fully saturated rings. The summed E-state index contributed by atoms with van der Waals surface area (Å²) in [5.41, 5.74) is 0.445. The number of ether oxygens (including phenoxy) is 3. The molecule has 0 radical (unpaired) electrons. The summed E-state index contributed by atoms with van der Waals surface area (Å²) in [5.74, 6) is 0.357. The zero-order valence-corrected chi connectivity index (χ0v) is 11.5. The topological polar surface area (TPSA) is 77.0 Å². The fourth-order valence-electron chi connectivity index (χ4n) is 1.83. The maximum absolute atomic E-state index is 11.4. The Kier molecular flexibility index (Phi) is 5.44. The van der Waals surface area contributed by atoms with Crippen LogP contribution in [0.5, 0.6) is 17.2 Å². The first kappa shape index (κ1) is 15.1. The van der Waals surface area contributed by atoms with Crippen LogP contribution in [0, 0.1) is 0 Å². The molecule has 0 aromatic heterocycles. The van der Waals surface area contributed by atoms with Gasteiger partial charge in [-0.2, -0.15) is 0 Å². The highest BCUT2D eigenvalue weighted by atomic mass is 16.5. The van der Waals surface area contributed by atoms with E-state index in [0.29, 0.717) is 29.4 Å². The molecule has 2 N–H and O–H groups in total. The molecule has 0 aliphatic carbocycles. The summed E-state index contributed by atoms with van der Waals surface area (Å²) in [5, 5.41) is 12.2. The van der Waals surface area contributed by atoms with Gasteiger partial charge in [0.1, 0.15) is 23.3 Å². The molecule has 1 aromatic carbocycles. The van der Waals surface area contributed by atoms with E-state index in [1.807, 2.05) is 6.92 Å². The molecule has 0 bridgehead atoms. The lowest BCUT2D eigenvalue weighted by atomic mass is 10.0. The van der Waals surface area contributed by atoms with Gasteiger partial charge in [-0.3, -0.25) is 4.79 Å². The predicted octanol–water partition coefficient (Wildman–Crippen LogP) is 1.45. The highest BCUT2D eigenvalue weighted by Crippen LogP contribution is 2.38. The summed E-state index contributed by atoms with van der Waals surface area (Å²) in [6, 6.07) is 2.36. The lowest BCUT2D eigenvalue weighted by Gasteiger charge is -2.20. The van der Waals surface area contributed by atoms with E-state index in [1.165, 1.54) is 21.3 Å². The van der Waals surface area contributed by atoms with Crippen molar-refractivity contribution in [1.82, 2.24) is 5.32 Å². The summed E-state index contributed by atoms with van der Waals surface area (Å²) in [6.45, 7) is 2.34. The van der Waals surface area contributed by atoms with Crippen LogP contribution >= 0.6 is 0 Å². The largest absolute Gasteiger partial charge is 0.496 e. The van der Waals surface area contributed by atoms with Crippen LogP contribution in [-0.2, 0) is 4.79 Å². The lowest BCUT2D eigenvalue weighted by molar-refractivity contribution is -0.139. The van der Waals surface area contributed by atoms with Gasteiger partial charge in [0.2, 0.25) is 0 Å². The zero-order chi connectivity index (χ0) is 14.4. The number of aliphatic carboxylic acids is 1. The number of carboxylic acids is 1. The first-order valence-electron chi connectivity index (χ1n) is 5.85. The van der Waals surface area contributed by atoms with Gasteiger partial charge in [-0.15, -0.1) is 0 Å². The minimum absolute atomic E-state index is 0.407. The van der Waals surface area contributed by atoms with Crippen molar-refractivity contribution in [2.75, 3.05) is 27.9 Å². The number of rotatable bonds is 7. The standard InChI is InChI=1S/C13H19NO5/c1-5-14-12(13(15)16)11-9(18-3)6-8(17-2)7-10(11)19-4/h6-7,12,14H,5H2,1-4H3,(H,15,16). The number of benzene rings is 1.